The molecule has 202 valence electrons. The van der Waals surface area contributed by atoms with Crippen molar-refractivity contribution in [3.63, 3.8) is 0 Å². The van der Waals surface area contributed by atoms with Crippen LogP contribution in [-0.4, -0.2) is 28.7 Å². The van der Waals surface area contributed by atoms with Gasteiger partial charge in [-0.25, -0.2) is 9.38 Å². The smallest absolute Gasteiger partial charge is 0.251 e. The third-order valence-corrected chi connectivity index (χ3v) is 8.16. The maximum atomic E-state index is 15.3. The third kappa shape index (κ3) is 5.33. The number of fused-ring (bicyclic) bond motifs is 6. The first-order chi connectivity index (χ1) is 18.0. The highest BCUT2D eigenvalue weighted by atomic mass is 19.1. The summed E-state index contributed by atoms with van der Waals surface area (Å²) in [7, 11) is 0. The third-order valence-electron chi connectivity index (χ3n) is 8.16. The molecule has 0 saturated heterocycles. The molecule has 6 rings (SSSR count). The van der Waals surface area contributed by atoms with E-state index in [4.69, 9.17) is 5.73 Å². The van der Waals surface area contributed by atoms with Crippen LogP contribution < -0.4 is 11.1 Å². The molecule has 2 aromatic rings. The highest BCUT2D eigenvalue weighted by molar-refractivity contribution is 5.99. The lowest BCUT2D eigenvalue weighted by atomic mass is 9.83. The summed E-state index contributed by atoms with van der Waals surface area (Å²) in [5.41, 5.74) is 11.2. The summed E-state index contributed by atoms with van der Waals surface area (Å²) < 4.78 is 15.3. The van der Waals surface area contributed by atoms with Crippen LogP contribution in [0, 0.1) is 18.2 Å². The molecule has 3 heterocycles. The van der Waals surface area contributed by atoms with Gasteiger partial charge in [0.25, 0.3) is 5.91 Å². The molecule has 3 aliphatic heterocycles. The summed E-state index contributed by atoms with van der Waals surface area (Å²) in [6, 6.07) is 8.83. The second kappa shape index (κ2) is 10.2. The van der Waals surface area contributed by atoms with Gasteiger partial charge in [0.15, 0.2) is 5.96 Å². The van der Waals surface area contributed by atoms with Crippen molar-refractivity contribution in [2.75, 3.05) is 0 Å². The van der Waals surface area contributed by atoms with Crippen molar-refractivity contribution in [3.8, 4) is 0 Å². The Bertz CT molecular complexity index is 1300. The molecule has 0 saturated carbocycles. The first-order valence-corrected chi connectivity index (χ1v) is 13.9. The van der Waals surface area contributed by atoms with Crippen LogP contribution in [0.3, 0.4) is 0 Å². The molecule has 38 heavy (non-hydrogen) atoms. The first kappa shape index (κ1) is 26.4. The van der Waals surface area contributed by atoms with Crippen molar-refractivity contribution in [2.45, 2.75) is 97.2 Å². The molecular weight excluding hydrogens is 479 g/mol. The molecule has 3 N–H and O–H groups in total. The summed E-state index contributed by atoms with van der Waals surface area (Å²) in [6.45, 7) is 8.57. The lowest BCUT2D eigenvalue weighted by molar-refractivity contribution is -0.130. The zero-order valence-corrected chi connectivity index (χ0v) is 22.9. The van der Waals surface area contributed by atoms with Gasteiger partial charge in [-0.3, -0.25) is 14.5 Å². The van der Waals surface area contributed by atoms with Crippen LogP contribution in [0.1, 0.15) is 110 Å². The van der Waals surface area contributed by atoms with Gasteiger partial charge in [-0.15, -0.1) is 0 Å². The number of hydrogen-bond acceptors (Lipinski definition) is 4. The maximum absolute atomic E-state index is 15.3. The van der Waals surface area contributed by atoms with E-state index >= 15 is 4.39 Å². The zero-order valence-electron chi connectivity index (χ0n) is 22.9. The molecule has 2 unspecified atom stereocenters. The van der Waals surface area contributed by atoms with E-state index < -0.39 is 11.9 Å². The van der Waals surface area contributed by atoms with Gasteiger partial charge in [0.2, 0.25) is 5.91 Å². The minimum atomic E-state index is -0.410. The number of rotatable bonds is 1. The average molecular weight is 519 g/mol. The largest absolute Gasteiger partial charge is 0.369 e. The van der Waals surface area contributed by atoms with Crippen LogP contribution in [0.4, 0.5) is 4.39 Å². The lowest BCUT2D eigenvalue weighted by Gasteiger charge is -2.34. The number of hydrogen-bond donors (Lipinski definition) is 2. The van der Waals surface area contributed by atoms with E-state index in [1.807, 2.05) is 0 Å². The fourth-order valence-corrected chi connectivity index (χ4v) is 6.30. The standard InChI is InChI=1S/C31H39FN4O2/c1-18-9-10-19-7-5-6-8-21-16-28(37)36(30(33)34-21)27-12-11-22-24(27)14-20(15-25(22)32)29(38)35-26(23(18)13-19)17-31(2,3)4/h9-10,13-15,21,26-27H,5-8,11-12,16-17H2,1-4H3,(H2,33,34)(H,35,38)/t21?,26?,27-/m1/s1. The summed E-state index contributed by atoms with van der Waals surface area (Å²) in [4.78, 5) is 33.1. The Morgan fingerprint density at radius 1 is 1.08 bits per heavy atom. The van der Waals surface area contributed by atoms with Crippen LogP contribution in [0.15, 0.2) is 35.3 Å². The van der Waals surface area contributed by atoms with Crippen molar-refractivity contribution >= 4 is 17.8 Å². The summed E-state index contributed by atoms with van der Waals surface area (Å²) in [6.07, 6.45) is 5.75. The minimum Gasteiger partial charge on any atom is -0.369 e. The fourth-order valence-electron chi connectivity index (χ4n) is 6.30. The van der Waals surface area contributed by atoms with Crippen molar-refractivity contribution in [3.05, 3.63) is 69.5 Å². The average Bonchev–Trinajstić information content (AvgIpc) is 3.25. The summed E-state index contributed by atoms with van der Waals surface area (Å²) in [5, 5.41) is 3.23. The van der Waals surface area contributed by atoms with Crippen LogP contribution in [0.5, 0.6) is 0 Å². The Hall–Kier alpha value is -3.22. The zero-order chi connectivity index (χ0) is 27.2. The molecular formula is C31H39FN4O2. The number of carbonyl (C=O) groups excluding carboxylic acids is 2. The van der Waals surface area contributed by atoms with Gasteiger partial charge in [-0.1, -0.05) is 45.4 Å². The number of carbonyl (C=O) groups is 2. The van der Waals surface area contributed by atoms with E-state index in [-0.39, 0.29) is 40.8 Å². The van der Waals surface area contributed by atoms with Gasteiger partial charge in [0, 0.05) is 12.0 Å². The van der Waals surface area contributed by atoms with Crippen molar-refractivity contribution in [1.82, 2.24) is 10.2 Å². The number of aliphatic imine (C=N–C) groups is 1. The Balaban J connectivity index is 1.59. The highest BCUT2D eigenvalue weighted by Gasteiger charge is 2.38. The Morgan fingerprint density at radius 2 is 1.87 bits per heavy atom. The molecule has 0 radical (unpaired) electrons. The number of aryl methyl sites for hydroxylation is 2. The van der Waals surface area contributed by atoms with Crippen LogP contribution in [-0.2, 0) is 17.6 Å². The van der Waals surface area contributed by atoms with Crippen LogP contribution >= 0.6 is 0 Å². The van der Waals surface area contributed by atoms with E-state index in [0.717, 1.165) is 43.2 Å². The SMILES string of the molecule is Cc1ccc2cc1C(CC(C)(C)C)NC(=O)c1cc(F)c3c(c1)[C@@H](CC3)N1C(=O)CC(CCCC2)N=C1N. The normalized spacial score (nSPS) is 24.1. The monoisotopic (exact) mass is 518 g/mol. The molecule has 7 heteroatoms. The molecule has 0 fully saturated rings. The second-order valence-corrected chi connectivity index (χ2v) is 12.4. The number of nitrogens with two attached hydrogens (primary N) is 1. The van der Waals surface area contributed by atoms with Crippen molar-refractivity contribution < 1.29 is 14.0 Å². The van der Waals surface area contributed by atoms with Crippen molar-refractivity contribution in [1.29, 1.82) is 0 Å². The maximum Gasteiger partial charge on any atom is 0.251 e. The van der Waals surface area contributed by atoms with Crippen molar-refractivity contribution in [2.24, 2.45) is 16.1 Å². The molecule has 6 bridgehead atoms. The summed E-state index contributed by atoms with van der Waals surface area (Å²) >= 11 is 0. The van der Waals surface area contributed by atoms with Gasteiger partial charge in [0.05, 0.1) is 18.1 Å². The second-order valence-electron chi connectivity index (χ2n) is 12.4. The van der Waals surface area contributed by atoms with E-state index in [9.17, 15) is 9.59 Å². The molecule has 2 aromatic carbocycles. The first-order valence-electron chi connectivity index (χ1n) is 13.9. The minimum absolute atomic E-state index is 0.0323. The molecule has 6 nitrogen and oxygen atoms in total. The van der Waals surface area contributed by atoms with Crippen LogP contribution in [0.2, 0.25) is 0 Å². The number of guanidine groups is 1. The number of amides is 2. The summed E-state index contributed by atoms with van der Waals surface area (Å²) in [5.74, 6) is -0.601. The Morgan fingerprint density at radius 3 is 2.61 bits per heavy atom. The van der Waals surface area contributed by atoms with E-state index in [1.165, 1.54) is 16.5 Å². The van der Waals surface area contributed by atoms with Gasteiger partial charge >= 0.3 is 0 Å². The number of nitrogens with one attached hydrogen (secondary N) is 1. The van der Waals surface area contributed by atoms with Gasteiger partial charge in [-0.2, -0.15) is 0 Å². The highest BCUT2D eigenvalue weighted by Crippen LogP contribution is 2.40. The number of halogens is 1. The van der Waals surface area contributed by atoms with E-state index in [1.54, 1.807) is 6.07 Å². The number of benzene rings is 2. The molecule has 0 spiro atoms. The van der Waals surface area contributed by atoms with E-state index in [0.29, 0.717) is 30.4 Å². The molecule has 2 amide bonds. The predicted octanol–water partition coefficient (Wildman–Crippen LogP) is 5.67. The quantitative estimate of drug-likeness (QED) is 0.510. The Labute approximate surface area is 224 Å². The molecule has 4 aliphatic rings. The van der Waals surface area contributed by atoms with E-state index in [2.05, 4.69) is 56.2 Å². The topological polar surface area (TPSA) is 87.8 Å². The lowest BCUT2D eigenvalue weighted by Crippen LogP contribution is -2.48. The predicted molar refractivity (Wildman–Crippen MR) is 147 cm³/mol. The fraction of sp³-hybridized carbons (Fsp3) is 0.516. The Kier molecular flexibility index (Phi) is 7.05. The number of nitrogens with zero attached hydrogens (tertiary/aromatic N) is 2. The van der Waals surface area contributed by atoms with Gasteiger partial charge in [-0.05, 0) is 90.8 Å². The molecule has 0 aromatic heterocycles. The van der Waals surface area contributed by atoms with Gasteiger partial charge in [0.1, 0.15) is 5.82 Å². The van der Waals surface area contributed by atoms with Gasteiger partial charge < -0.3 is 11.1 Å². The van der Waals surface area contributed by atoms with Crippen LogP contribution in [0.25, 0.3) is 0 Å². The molecule has 1 aliphatic carbocycles. The molecule has 3 atom stereocenters.